The Balaban J connectivity index is 3.08. The van der Waals surface area contributed by atoms with E-state index >= 15 is 0 Å². The van der Waals surface area contributed by atoms with Crippen LogP contribution < -0.4 is 10.9 Å². The molecule has 0 saturated carbocycles. The van der Waals surface area contributed by atoms with E-state index in [0.29, 0.717) is 4.74 Å². The zero-order valence-corrected chi connectivity index (χ0v) is 9.26. The normalized spacial score (nSPS) is 13.4. The van der Waals surface area contributed by atoms with Crippen LogP contribution in [0.2, 0.25) is 0 Å². The number of alkyl halides is 7. The van der Waals surface area contributed by atoms with Crippen LogP contribution in [0.1, 0.15) is 0 Å². The first-order valence-electron chi connectivity index (χ1n) is 4.49. The smallest absolute Gasteiger partial charge is 0.298 e. The van der Waals surface area contributed by atoms with Gasteiger partial charge in [0.15, 0.2) is 0 Å². The molecular weight excluding hydrogens is 307 g/mol. The van der Waals surface area contributed by atoms with E-state index in [2.05, 4.69) is 9.79 Å². The van der Waals surface area contributed by atoms with Crippen molar-refractivity contribution >= 4 is 11.7 Å². The molecule has 0 aliphatic heterocycles. The number of nitrogens with one attached hydrogen (secondary N) is 1. The van der Waals surface area contributed by atoms with Gasteiger partial charge in [0.2, 0.25) is 5.82 Å². The quantitative estimate of drug-likeness (QED) is 0.849. The summed E-state index contributed by atoms with van der Waals surface area (Å²) in [6.45, 7) is 0. The molecule has 1 N–H and O–H groups in total. The van der Waals surface area contributed by atoms with Gasteiger partial charge in [0.25, 0.3) is 0 Å². The molecule has 0 atom stereocenters. The number of rotatable bonds is 3. The molecular formula is C7H4F7N3O3. The van der Waals surface area contributed by atoms with Gasteiger partial charge in [0, 0.05) is 0 Å². The second-order valence-electron chi connectivity index (χ2n) is 3.42. The highest BCUT2D eigenvalue weighted by Crippen LogP contribution is 2.46. The van der Waals surface area contributed by atoms with E-state index in [1.165, 1.54) is 0 Å². The van der Waals surface area contributed by atoms with Crippen LogP contribution in [0.15, 0.2) is 9.42 Å². The van der Waals surface area contributed by atoms with Gasteiger partial charge < -0.3 is 0 Å². The molecule has 0 spiro atoms. The van der Waals surface area contributed by atoms with E-state index < -0.39 is 35.3 Å². The Hall–Kier alpha value is -2.08. The summed E-state index contributed by atoms with van der Waals surface area (Å²) in [5.41, 5.74) is -1.32. The van der Waals surface area contributed by atoms with Gasteiger partial charge in [0.1, 0.15) is 0 Å². The predicted molar refractivity (Wildman–Crippen MR) is 46.3 cm³/mol. The fourth-order valence-electron chi connectivity index (χ4n) is 0.910. The molecule has 0 radical (unpaired) electrons. The number of carbonyl (C=O) groups excluding carboxylic acids is 1. The van der Waals surface area contributed by atoms with Crippen molar-refractivity contribution in [1.82, 2.24) is 9.90 Å². The first-order chi connectivity index (χ1) is 8.82. The summed E-state index contributed by atoms with van der Waals surface area (Å²) in [7, 11) is 0.924. The highest BCUT2D eigenvalue weighted by Gasteiger charge is 2.76. The molecule has 20 heavy (non-hydrogen) atoms. The van der Waals surface area contributed by atoms with Crippen LogP contribution in [0.3, 0.4) is 0 Å². The molecule has 1 amide bonds. The topological polar surface area (TPSA) is 77.1 Å². The van der Waals surface area contributed by atoms with E-state index in [-0.39, 0.29) is 0 Å². The summed E-state index contributed by atoms with van der Waals surface area (Å²) in [4.78, 5) is 21.8. The average Bonchev–Trinajstić information content (AvgIpc) is 2.59. The third kappa shape index (κ3) is 2.34. The van der Waals surface area contributed by atoms with Crippen LogP contribution in [0.25, 0.3) is 0 Å². The lowest BCUT2D eigenvalue weighted by Gasteiger charge is -2.26. The molecule has 13 heteroatoms. The summed E-state index contributed by atoms with van der Waals surface area (Å²) >= 11 is 0. The summed E-state index contributed by atoms with van der Waals surface area (Å²) in [5.74, 6) is -17.1. The zero-order chi connectivity index (χ0) is 15.9. The largest absolute Gasteiger partial charge is 0.460 e. The molecule has 1 heterocycles. The molecule has 0 aliphatic rings. The third-order valence-corrected chi connectivity index (χ3v) is 2.01. The number of nitrogens with zero attached hydrogens (tertiary/aromatic N) is 2. The Kier molecular flexibility index (Phi) is 3.58. The minimum absolute atomic E-state index is 0.315. The van der Waals surface area contributed by atoms with Crippen molar-refractivity contribution in [2.45, 2.75) is 18.0 Å². The summed E-state index contributed by atoms with van der Waals surface area (Å²) in [5, 5.41) is 3.54. The summed E-state index contributed by atoms with van der Waals surface area (Å²) in [6, 6.07) is 0. The van der Waals surface area contributed by atoms with E-state index in [1.807, 2.05) is 0 Å². The van der Waals surface area contributed by atoms with Gasteiger partial charge in [0.05, 0.1) is 7.05 Å². The van der Waals surface area contributed by atoms with Gasteiger partial charge in [-0.05, 0) is 5.16 Å². The van der Waals surface area contributed by atoms with Crippen molar-refractivity contribution in [3.63, 3.8) is 0 Å². The standard InChI is InChI=1S/C7H4F7N3O3/c1-17-3(18)2(16-20-17)15-4(19)5(8,9)6(10,11)7(12,13)14/h1H3,(H,15,16,19). The van der Waals surface area contributed by atoms with Crippen LogP contribution in [-0.4, -0.2) is 33.8 Å². The van der Waals surface area contributed by atoms with Crippen LogP contribution >= 0.6 is 0 Å². The number of carbonyl (C=O) groups is 1. The molecule has 0 aromatic carbocycles. The van der Waals surface area contributed by atoms with Gasteiger partial charge in [-0.3, -0.25) is 19.5 Å². The molecule has 0 aliphatic carbocycles. The number of aromatic nitrogens is 2. The van der Waals surface area contributed by atoms with E-state index in [4.69, 9.17) is 0 Å². The molecule has 114 valence electrons. The lowest BCUT2D eigenvalue weighted by atomic mass is 10.1. The number of anilines is 1. The second kappa shape index (κ2) is 4.49. The molecule has 1 aromatic rings. The number of hydrogen-bond donors (Lipinski definition) is 1. The molecule has 1 rings (SSSR count). The van der Waals surface area contributed by atoms with Gasteiger partial charge in [-0.1, -0.05) is 0 Å². The van der Waals surface area contributed by atoms with Crippen LogP contribution in [0, 0.1) is 0 Å². The molecule has 0 fully saturated rings. The molecule has 1 aromatic heterocycles. The van der Waals surface area contributed by atoms with Crippen molar-refractivity contribution in [2.24, 2.45) is 7.05 Å². The maximum Gasteiger partial charge on any atom is 0.460 e. The number of hydrogen-bond acceptors (Lipinski definition) is 4. The zero-order valence-electron chi connectivity index (χ0n) is 9.26. The van der Waals surface area contributed by atoms with Crippen LogP contribution in [0.4, 0.5) is 36.6 Å². The van der Waals surface area contributed by atoms with Crippen molar-refractivity contribution in [3.8, 4) is 0 Å². The fraction of sp³-hybridized carbons (Fsp3) is 0.571. The van der Waals surface area contributed by atoms with Gasteiger partial charge in [-0.25, -0.2) is 0 Å². The number of amides is 1. The minimum Gasteiger partial charge on any atom is -0.298 e. The SMILES string of the molecule is Cn1onc(NC(=O)C(F)(F)C(F)(F)C(F)(F)F)c1=O. The Labute approximate surface area is 104 Å². The Morgan fingerprint density at radius 3 is 2.05 bits per heavy atom. The number of halogens is 7. The van der Waals surface area contributed by atoms with Gasteiger partial charge in [-0.15, -0.1) is 4.74 Å². The second-order valence-corrected chi connectivity index (χ2v) is 3.42. The molecule has 0 unspecified atom stereocenters. The van der Waals surface area contributed by atoms with Crippen molar-refractivity contribution in [3.05, 3.63) is 10.4 Å². The Bertz CT molecular complexity index is 573. The Morgan fingerprint density at radius 1 is 1.20 bits per heavy atom. The summed E-state index contributed by atoms with van der Waals surface area (Å²) < 4.78 is 90.5. The van der Waals surface area contributed by atoms with E-state index in [9.17, 15) is 40.3 Å². The predicted octanol–water partition coefficient (Wildman–Crippen LogP) is 1.14. The monoisotopic (exact) mass is 311 g/mol. The first kappa shape index (κ1) is 16.0. The van der Waals surface area contributed by atoms with Crippen LogP contribution in [-0.2, 0) is 11.8 Å². The van der Waals surface area contributed by atoms with Gasteiger partial charge >= 0.3 is 29.5 Å². The lowest BCUT2D eigenvalue weighted by molar-refractivity contribution is -0.343. The van der Waals surface area contributed by atoms with Crippen molar-refractivity contribution < 1.29 is 40.2 Å². The average molecular weight is 311 g/mol. The number of aryl methyl sites for hydroxylation is 1. The Morgan fingerprint density at radius 2 is 1.70 bits per heavy atom. The summed E-state index contributed by atoms with van der Waals surface area (Å²) in [6.07, 6.45) is -6.66. The van der Waals surface area contributed by atoms with Gasteiger partial charge in [-0.2, -0.15) is 30.7 Å². The van der Waals surface area contributed by atoms with Crippen LogP contribution in [0.5, 0.6) is 0 Å². The molecule has 0 saturated heterocycles. The fourth-order valence-corrected chi connectivity index (χ4v) is 0.910. The molecule has 6 nitrogen and oxygen atoms in total. The van der Waals surface area contributed by atoms with Crippen molar-refractivity contribution in [1.29, 1.82) is 0 Å². The highest BCUT2D eigenvalue weighted by molar-refractivity contribution is 5.96. The van der Waals surface area contributed by atoms with E-state index in [1.54, 1.807) is 0 Å². The van der Waals surface area contributed by atoms with E-state index in [0.717, 1.165) is 12.4 Å². The maximum atomic E-state index is 12.9. The third-order valence-electron chi connectivity index (χ3n) is 2.01. The molecule has 0 bridgehead atoms. The first-order valence-corrected chi connectivity index (χ1v) is 4.49. The van der Waals surface area contributed by atoms with Crippen molar-refractivity contribution in [2.75, 3.05) is 5.32 Å². The minimum atomic E-state index is -6.66. The maximum absolute atomic E-state index is 12.9. The lowest BCUT2D eigenvalue weighted by Crippen LogP contribution is -2.58. The highest BCUT2D eigenvalue weighted by atomic mass is 19.4.